The maximum absolute atomic E-state index is 8.68. The van der Waals surface area contributed by atoms with Crippen molar-refractivity contribution in [3.05, 3.63) is 23.2 Å². The van der Waals surface area contributed by atoms with E-state index in [-0.39, 0.29) is 0 Å². The normalized spacial score (nSPS) is 11.0. The number of rotatable bonds is 4. The van der Waals surface area contributed by atoms with E-state index < -0.39 is 0 Å². The summed E-state index contributed by atoms with van der Waals surface area (Å²) in [4.78, 5) is 6.61. The molecule has 1 aromatic carbocycles. The molecule has 1 aromatic rings. The zero-order valence-electron chi connectivity index (χ0n) is 11.3. The Morgan fingerprint density at radius 1 is 1.47 bits per heavy atom. The summed E-state index contributed by atoms with van der Waals surface area (Å²) in [6.07, 6.45) is 3.75. The zero-order chi connectivity index (χ0) is 14.3. The topological polar surface area (TPSA) is 51.4 Å². The number of hydrogen-bond donors (Lipinski definition) is 1. The average molecular weight is 297 g/mol. The van der Waals surface area contributed by atoms with Gasteiger partial charge in [0.2, 0.25) is 0 Å². The summed E-state index contributed by atoms with van der Waals surface area (Å²) in [6, 6.07) is 5.61. The van der Waals surface area contributed by atoms with Crippen molar-refractivity contribution >= 4 is 39.9 Å². The number of nitrogens with zero attached hydrogens (tertiary/aromatic N) is 3. The number of nitrogens with one attached hydrogen (secondary N) is 1. The van der Waals surface area contributed by atoms with Gasteiger partial charge in [0.25, 0.3) is 0 Å². The van der Waals surface area contributed by atoms with Crippen molar-refractivity contribution in [2.75, 3.05) is 24.2 Å². The summed E-state index contributed by atoms with van der Waals surface area (Å²) in [5, 5.41) is 12.5. The lowest BCUT2D eigenvalue weighted by atomic mass is 10.2. The number of halogens is 1. The Hall–Kier alpha value is -1.38. The summed E-state index contributed by atoms with van der Waals surface area (Å²) in [5.74, 6) is 0. The van der Waals surface area contributed by atoms with Crippen LogP contribution in [0.15, 0.2) is 23.2 Å². The fourth-order valence-corrected chi connectivity index (χ4v) is 2.36. The van der Waals surface area contributed by atoms with Gasteiger partial charge in [0, 0.05) is 13.1 Å². The SMILES string of the molecule is CCN(CC)c1c(Cl)cccc1N=C(NC#N)SC. The van der Waals surface area contributed by atoms with Gasteiger partial charge >= 0.3 is 0 Å². The number of thioether (sulfide) groups is 1. The highest BCUT2D eigenvalue weighted by Gasteiger charge is 2.12. The van der Waals surface area contributed by atoms with Crippen LogP contribution in [-0.2, 0) is 0 Å². The number of anilines is 1. The first kappa shape index (κ1) is 15.7. The van der Waals surface area contributed by atoms with E-state index in [1.807, 2.05) is 30.6 Å². The van der Waals surface area contributed by atoms with Gasteiger partial charge in [-0.05, 0) is 32.2 Å². The van der Waals surface area contributed by atoms with Gasteiger partial charge in [-0.15, -0.1) is 0 Å². The minimum Gasteiger partial charge on any atom is -0.369 e. The lowest BCUT2D eigenvalue weighted by Crippen LogP contribution is -2.22. The van der Waals surface area contributed by atoms with Gasteiger partial charge in [0.05, 0.1) is 16.4 Å². The van der Waals surface area contributed by atoms with Gasteiger partial charge in [-0.1, -0.05) is 29.4 Å². The highest BCUT2D eigenvalue weighted by Crippen LogP contribution is 2.36. The number of aliphatic imine (C=N–C) groups is 1. The first-order chi connectivity index (χ1) is 9.17. The molecule has 1 rings (SSSR count). The van der Waals surface area contributed by atoms with Gasteiger partial charge in [0.1, 0.15) is 0 Å². The van der Waals surface area contributed by atoms with E-state index in [4.69, 9.17) is 16.9 Å². The molecule has 102 valence electrons. The Morgan fingerprint density at radius 2 is 2.16 bits per heavy atom. The van der Waals surface area contributed by atoms with Crippen LogP contribution in [0.2, 0.25) is 5.02 Å². The molecule has 0 aromatic heterocycles. The van der Waals surface area contributed by atoms with Crippen LogP contribution in [0.5, 0.6) is 0 Å². The second-order valence-electron chi connectivity index (χ2n) is 3.64. The molecule has 0 atom stereocenters. The Bertz CT molecular complexity index is 492. The molecule has 0 aliphatic heterocycles. The first-order valence-electron chi connectivity index (χ1n) is 5.99. The third-order valence-corrected chi connectivity index (χ3v) is 3.51. The molecule has 0 unspecified atom stereocenters. The largest absolute Gasteiger partial charge is 0.369 e. The highest BCUT2D eigenvalue weighted by molar-refractivity contribution is 8.13. The summed E-state index contributed by atoms with van der Waals surface area (Å²) < 4.78 is 0. The Morgan fingerprint density at radius 3 is 2.68 bits per heavy atom. The van der Waals surface area contributed by atoms with Gasteiger partial charge in [-0.2, -0.15) is 5.26 Å². The number of nitriles is 1. The van der Waals surface area contributed by atoms with Crippen molar-refractivity contribution in [3.8, 4) is 6.19 Å². The van der Waals surface area contributed by atoms with Crippen LogP contribution in [0.4, 0.5) is 11.4 Å². The molecule has 0 aliphatic carbocycles. The molecule has 0 radical (unpaired) electrons. The van der Waals surface area contributed by atoms with E-state index in [2.05, 4.69) is 29.1 Å². The number of para-hydroxylation sites is 1. The molecule has 0 fully saturated rings. The van der Waals surface area contributed by atoms with Gasteiger partial charge in [-0.3, -0.25) is 5.32 Å². The Balaban J connectivity index is 3.28. The Labute approximate surface area is 123 Å². The van der Waals surface area contributed by atoms with Crippen molar-refractivity contribution in [3.63, 3.8) is 0 Å². The van der Waals surface area contributed by atoms with Crippen LogP contribution < -0.4 is 10.2 Å². The maximum atomic E-state index is 8.68. The third kappa shape index (κ3) is 4.05. The van der Waals surface area contributed by atoms with Crippen LogP contribution in [0, 0.1) is 11.5 Å². The predicted molar refractivity (Wildman–Crippen MR) is 84.4 cm³/mol. The van der Waals surface area contributed by atoms with Crippen molar-refractivity contribution in [1.29, 1.82) is 5.26 Å². The van der Waals surface area contributed by atoms with Crippen LogP contribution in [0.1, 0.15) is 13.8 Å². The van der Waals surface area contributed by atoms with Crippen molar-refractivity contribution in [2.24, 2.45) is 4.99 Å². The molecular formula is C13H17ClN4S. The molecule has 0 heterocycles. The molecule has 0 saturated carbocycles. The quantitative estimate of drug-likeness (QED) is 0.399. The van der Waals surface area contributed by atoms with Crippen molar-refractivity contribution in [1.82, 2.24) is 5.32 Å². The molecule has 4 nitrogen and oxygen atoms in total. The Kier molecular flexibility index (Phi) is 6.54. The fourth-order valence-electron chi connectivity index (χ4n) is 1.73. The minimum absolute atomic E-state index is 0.554. The van der Waals surface area contributed by atoms with E-state index in [9.17, 15) is 0 Å². The first-order valence-corrected chi connectivity index (χ1v) is 7.59. The molecular weight excluding hydrogens is 280 g/mol. The zero-order valence-corrected chi connectivity index (χ0v) is 12.8. The van der Waals surface area contributed by atoms with Crippen LogP contribution in [-0.4, -0.2) is 24.5 Å². The molecule has 0 amide bonds. The van der Waals surface area contributed by atoms with E-state index in [0.29, 0.717) is 10.2 Å². The van der Waals surface area contributed by atoms with E-state index >= 15 is 0 Å². The molecule has 19 heavy (non-hydrogen) atoms. The lowest BCUT2D eigenvalue weighted by Gasteiger charge is -2.24. The smallest absolute Gasteiger partial charge is 0.183 e. The van der Waals surface area contributed by atoms with E-state index in [1.54, 1.807) is 0 Å². The monoisotopic (exact) mass is 296 g/mol. The lowest BCUT2D eigenvalue weighted by molar-refractivity contribution is 0.866. The molecule has 0 aliphatic rings. The van der Waals surface area contributed by atoms with Crippen LogP contribution >= 0.6 is 23.4 Å². The molecule has 0 bridgehead atoms. The molecule has 0 saturated heterocycles. The third-order valence-electron chi connectivity index (χ3n) is 2.62. The standard InChI is InChI=1S/C13H17ClN4S/c1-4-18(5-2)12-10(14)7-6-8-11(12)17-13(19-3)16-9-15/h6-8H,4-5H2,1-3H3,(H,16,17). The van der Waals surface area contributed by atoms with Gasteiger partial charge in [0.15, 0.2) is 11.4 Å². The van der Waals surface area contributed by atoms with Gasteiger partial charge in [-0.25, -0.2) is 4.99 Å². The van der Waals surface area contributed by atoms with Crippen LogP contribution in [0.3, 0.4) is 0 Å². The predicted octanol–water partition coefficient (Wildman–Crippen LogP) is 3.61. The average Bonchev–Trinajstić information content (AvgIpc) is 2.42. The molecule has 0 spiro atoms. The second-order valence-corrected chi connectivity index (χ2v) is 4.84. The minimum atomic E-state index is 0.554. The number of benzene rings is 1. The second kappa shape index (κ2) is 7.93. The van der Waals surface area contributed by atoms with E-state index in [1.165, 1.54) is 11.8 Å². The van der Waals surface area contributed by atoms with Crippen molar-refractivity contribution in [2.45, 2.75) is 13.8 Å². The summed E-state index contributed by atoms with van der Waals surface area (Å²) in [6.45, 7) is 5.85. The van der Waals surface area contributed by atoms with Gasteiger partial charge < -0.3 is 4.90 Å². The maximum Gasteiger partial charge on any atom is 0.183 e. The number of hydrogen-bond acceptors (Lipinski definition) is 4. The van der Waals surface area contributed by atoms with Crippen LogP contribution in [0.25, 0.3) is 0 Å². The van der Waals surface area contributed by atoms with E-state index in [0.717, 1.165) is 24.5 Å². The number of amidine groups is 1. The van der Waals surface area contributed by atoms with Crippen molar-refractivity contribution < 1.29 is 0 Å². The summed E-state index contributed by atoms with van der Waals surface area (Å²) >= 11 is 7.67. The fraction of sp³-hybridized carbons (Fsp3) is 0.385. The summed E-state index contributed by atoms with van der Waals surface area (Å²) in [7, 11) is 0. The summed E-state index contributed by atoms with van der Waals surface area (Å²) in [5.41, 5.74) is 1.67. The molecule has 6 heteroatoms. The highest BCUT2D eigenvalue weighted by atomic mass is 35.5. The molecule has 1 N–H and O–H groups in total.